The monoisotopic (exact) mass is 274 g/mol. The van der Waals surface area contributed by atoms with Crippen molar-refractivity contribution in [1.29, 1.82) is 0 Å². The number of aliphatic hydroxyl groups is 1. The molecule has 0 atom stereocenters. The Hall–Kier alpha value is -0.900. The van der Waals surface area contributed by atoms with Gasteiger partial charge in [-0.1, -0.05) is 24.3 Å². The van der Waals surface area contributed by atoms with Gasteiger partial charge in [-0.2, -0.15) is 0 Å². The summed E-state index contributed by atoms with van der Waals surface area (Å²) in [4.78, 5) is 2.54. The highest BCUT2D eigenvalue weighted by atomic mass is 16.3. The summed E-state index contributed by atoms with van der Waals surface area (Å²) in [7, 11) is 0. The van der Waals surface area contributed by atoms with Crippen LogP contribution in [0.5, 0.6) is 0 Å². The smallest absolute Gasteiger partial charge is 0.0681 e. The Kier molecular flexibility index (Phi) is 4.71. The highest BCUT2D eigenvalue weighted by molar-refractivity contribution is 5.21. The number of aliphatic hydroxyl groups excluding tert-OH is 1. The minimum Gasteiger partial charge on any atom is -0.392 e. The van der Waals surface area contributed by atoms with Crippen molar-refractivity contribution >= 4 is 0 Å². The number of rotatable bonds is 6. The van der Waals surface area contributed by atoms with E-state index >= 15 is 0 Å². The van der Waals surface area contributed by atoms with Gasteiger partial charge in [-0.25, -0.2) is 0 Å². The molecule has 0 radical (unpaired) electrons. The number of nitrogens with one attached hydrogen (secondary N) is 1. The minimum atomic E-state index is 0.137. The van der Waals surface area contributed by atoms with Gasteiger partial charge < -0.3 is 10.4 Å². The maximum absolute atomic E-state index is 9.06. The molecule has 0 bridgehead atoms. The first-order valence-corrected chi connectivity index (χ1v) is 7.98. The van der Waals surface area contributed by atoms with E-state index in [1.165, 1.54) is 50.9 Å². The van der Waals surface area contributed by atoms with E-state index in [9.17, 15) is 0 Å². The summed E-state index contributed by atoms with van der Waals surface area (Å²) in [5.74, 6) is 0.984. The van der Waals surface area contributed by atoms with Crippen molar-refractivity contribution < 1.29 is 5.11 Å². The van der Waals surface area contributed by atoms with Gasteiger partial charge in [-0.3, -0.25) is 4.90 Å². The molecule has 1 aromatic carbocycles. The van der Waals surface area contributed by atoms with Crippen molar-refractivity contribution in [3.63, 3.8) is 0 Å². The molecule has 1 aliphatic heterocycles. The third-order valence-electron chi connectivity index (χ3n) is 4.59. The van der Waals surface area contributed by atoms with Gasteiger partial charge in [0.15, 0.2) is 0 Å². The van der Waals surface area contributed by atoms with Crippen LogP contribution in [-0.4, -0.2) is 35.7 Å². The lowest BCUT2D eigenvalue weighted by molar-refractivity contribution is 0.190. The Balaban J connectivity index is 1.40. The van der Waals surface area contributed by atoms with Gasteiger partial charge in [-0.05, 0) is 62.4 Å². The number of likely N-dealkylation sites (tertiary alicyclic amines) is 1. The minimum absolute atomic E-state index is 0.137. The number of hydrogen-bond acceptors (Lipinski definition) is 3. The maximum atomic E-state index is 9.06. The summed E-state index contributed by atoms with van der Waals surface area (Å²) in [5, 5.41) is 12.8. The van der Waals surface area contributed by atoms with Crippen LogP contribution in [0.2, 0.25) is 0 Å². The molecule has 3 nitrogen and oxygen atoms in total. The lowest BCUT2D eigenvalue weighted by Gasteiger charge is -2.32. The zero-order chi connectivity index (χ0) is 13.8. The largest absolute Gasteiger partial charge is 0.392 e. The molecule has 1 aliphatic carbocycles. The van der Waals surface area contributed by atoms with Crippen LogP contribution in [0.4, 0.5) is 0 Å². The number of piperidine rings is 1. The van der Waals surface area contributed by atoms with E-state index in [1.54, 1.807) is 0 Å². The first kappa shape index (κ1) is 14.1. The lowest BCUT2D eigenvalue weighted by atomic mass is 10.0. The molecule has 3 rings (SSSR count). The molecular formula is C17H26N2O. The fraction of sp³-hybridized carbons (Fsp3) is 0.647. The molecule has 3 heteroatoms. The molecule has 1 heterocycles. The van der Waals surface area contributed by atoms with Crippen molar-refractivity contribution in [2.45, 2.75) is 44.9 Å². The normalized spacial score (nSPS) is 21.2. The molecule has 1 aromatic rings. The second-order valence-corrected chi connectivity index (χ2v) is 6.38. The Labute approximate surface area is 122 Å². The molecule has 0 amide bonds. The van der Waals surface area contributed by atoms with E-state index in [2.05, 4.69) is 22.3 Å². The molecule has 0 aromatic heterocycles. The van der Waals surface area contributed by atoms with Crippen LogP contribution >= 0.6 is 0 Å². The zero-order valence-corrected chi connectivity index (χ0v) is 12.2. The van der Waals surface area contributed by atoms with Gasteiger partial charge in [0.1, 0.15) is 0 Å². The average Bonchev–Trinajstić information content (AvgIpc) is 3.32. The molecule has 1 saturated carbocycles. The van der Waals surface area contributed by atoms with Gasteiger partial charge in [0, 0.05) is 12.6 Å². The highest BCUT2D eigenvalue weighted by Gasteiger charge is 2.24. The van der Waals surface area contributed by atoms with Crippen molar-refractivity contribution in [1.82, 2.24) is 10.2 Å². The van der Waals surface area contributed by atoms with E-state index in [-0.39, 0.29) is 6.61 Å². The predicted octanol–water partition coefficient (Wildman–Crippen LogP) is 2.14. The van der Waals surface area contributed by atoms with Crippen LogP contribution in [0.1, 0.15) is 36.8 Å². The van der Waals surface area contributed by atoms with Crippen LogP contribution in [0, 0.1) is 5.92 Å². The SMILES string of the molecule is OCc1ccc(CN2CCC(NCC3CC3)CC2)cc1. The molecule has 1 saturated heterocycles. The first-order valence-electron chi connectivity index (χ1n) is 7.98. The Morgan fingerprint density at radius 2 is 1.65 bits per heavy atom. The van der Waals surface area contributed by atoms with E-state index < -0.39 is 0 Å². The van der Waals surface area contributed by atoms with Crippen molar-refractivity contribution in [3.8, 4) is 0 Å². The quantitative estimate of drug-likeness (QED) is 0.834. The average molecular weight is 274 g/mol. The van der Waals surface area contributed by atoms with Gasteiger partial charge in [0.05, 0.1) is 6.61 Å². The second kappa shape index (κ2) is 6.70. The first-order chi connectivity index (χ1) is 9.83. The molecule has 20 heavy (non-hydrogen) atoms. The van der Waals surface area contributed by atoms with Gasteiger partial charge in [-0.15, -0.1) is 0 Å². The van der Waals surface area contributed by atoms with Gasteiger partial charge in [0.25, 0.3) is 0 Å². The molecular weight excluding hydrogens is 248 g/mol. The molecule has 2 fully saturated rings. The van der Waals surface area contributed by atoms with Crippen LogP contribution in [0.15, 0.2) is 24.3 Å². The Bertz CT molecular complexity index is 406. The molecule has 0 spiro atoms. The summed E-state index contributed by atoms with van der Waals surface area (Å²) in [5.41, 5.74) is 2.35. The number of hydrogen-bond donors (Lipinski definition) is 2. The molecule has 0 unspecified atom stereocenters. The third-order valence-corrected chi connectivity index (χ3v) is 4.59. The number of nitrogens with zero attached hydrogens (tertiary/aromatic N) is 1. The summed E-state index contributed by atoms with van der Waals surface area (Å²) in [6.07, 6.45) is 5.44. The summed E-state index contributed by atoms with van der Waals surface area (Å²) in [6, 6.07) is 9.08. The maximum Gasteiger partial charge on any atom is 0.0681 e. The summed E-state index contributed by atoms with van der Waals surface area (Å²) < 4.78 is 0. The van der Waals surface area contributed by atoms with Crippen LogP contribution in [-0.2, 0) is 13.2 Å². The molecule has 110 valence electrons. The topological polar surface area (TPSA) is 35.5 Å². The van der Waals surface area contributed by atoms with Crippen LogP contribution in [0.25, 0.3) is 0 Å². The predicted molar refractivity (Wildman–Crippen MR) is 81.4 cm³/mol. The standard InChI is InChI=1S/C17H26N2O/c20-13-16-5-3-15(4-6-16)12-19-9-7-17(8-10-19)18-11-14-1-2-14/h3-6,14,17-18,20H,1-2,7-13H2. The summed E-state index contributed by atoms with van der Waals surface area (Å²) in [6.45, 7) is 4.82. The van der Waals surface area contributed by atoms with E-state index in [0.29, 0.717) is 0 Å². The second-order valence-electron chi connectivity index (χ2n) is 6.38. The summed E-state index contributed by atoms with van der Waals surface area (Å²) >= 11 is 0. The fourth-order valence-corrected chi connectivity index (χ4v) is 2.96. The Morgan fingerprint density at radius 3 is 2.25 bits per heavy atom. The van der Waals surface area contributed by atoms with Gasteiger partial charge >= 0.3 is 0 Å². The Morgan fingerprint density at radius 1 is 1.00 bits per heavy atom. The van der Waals surface area contributed by atoms with Crippen molar-refractivity contribution in [3.05, 3.63) is 35.4 Å². The molecule has 2 N–H and O–H groups in total. The van der Waals surface area contributed by atoms with Crippen LogP contribution < -0.4 is 5.32 Å². The fourth-order valence-electron chi connectivity index (χ4n) is 2.96. The van der Waals surface area contributed by atoms with Crippen molar-refractivity contribution in [2.24, 2.45) is 5.92 Å². The lowest BCUT2D eigenvalue weighted by Crippen LogP contribution is -2.42. The van der Waals surface area contributed by atoms with E-state index in [0.717, 1.165) is 24.1 Å². The third kappa shape index (κ3) is 4.05. The number of benzene rings is 1. The van der Waals surface area contributed by atoms with Crippen LogP contribution in [0.3, 0.4) is 0 Å². The highest BCUT2D eigenvalue weighted by Crippen LogP contribution is 2.28. The zero-order valence-electron chi connectivity index (χ0n) is 12.2. The molecule has 2 aliphatic rings. The van der Waals surface area contributed by atoms with E-state index in [1.807, 2.05) is 12.1 Å². The van der Waals surface area contributed by atoms with Gasteiger partial charge in [0.2, 0.25) is 0 Å². The van der Waals surface area contributed by atoms with E-state index in [4.69, 9.17) is 5.11 Å². The van der Waals surface area contributed by atoms with Crippen molar-refractivity contribution in [2.75, 3.05) is 19.6 Å².